The zero-order valence-corrected chi connectivity index (χ0v) is 12.8. The number of hydrogen-bond donors (Lipinski definition) is 2. The zero-order valence-electron chi connectivity index (χ0n) is 11.2. The molecule has 2 heterocycles. The van der Waals surface area contributed by atoms with E-state index in [4.69, 9.17) is 0 Å². The fourth-order valence-electron chi connectivity index (χ4n) is 2.53. The van der Waals surface area contributed by atoms with E-state index in [2.05, 4.69) is 44.5 Å². The molecule has 0 spiro atoms. The van der Waals surface area contributed by atoms with Gasteiger partial charge in [0.1, 0.15) is 5.82 Å². The second-order valence-corrected chi connectivity index (χ2v) is 6.08. The van der Waals surface area contributed by atoms with Crippen LogP contribution in [0, 0.1) is 12.3 Å². The summed E-state index contributed by atoms with van der Waals surface area (Å²) in [5.74, 6) is 0.988. The first-order chi connectivity index (χ1) is 8.65. The van der Waals surface area contributed by atoms with Crippen molar-refractivity contribution in [2.75, 3.05) is 25.0 Å². The molecule has 0 amide bonds. The minimum atomic E-state index is 0.438. The largest absolute Gasteiger partial charge is 0.370 e. The van der Waals surface area contributed by atoms with Crippen molar-refractivity contribution in [1.82, 2.24) is 10.3 Å². The Labute approximate surface area is 118 Å². The van der Waals surface area contributed by atoms with Crippen LogP contribution in [-0.2, 0) is 0 Å². The molecule has 0 saturated carbocycles. The molecule has 1 saturated heterocycles. The van der Waals surface area contributed by atoms with Gasteiger partial charge >= 0.3 is 0 Å². The van der Waals surface area contributed by atoms with E-state index in [1.165, 1.54) is 19.3 Å². The summed E-state index contributed by atoms with van der Waals surface area (Å²) in [7, 11) is 0. The predicted molar refractivity (Wildman–Crippen MR) is 80.0 cm³/mol. The highest BCUT2D eigenvalue weighted by Gasteiger charge is 2.29. The highest BCUT2D eigenvalue weighted by atomic mass is 79.9. The van der Waals surface area contributed by atoms with Crippen LogP contribution >= 0.6 is 15.9 Å². The SMILES string of the molecule is CCC1(CNc2ccc(Br)c(C)n2)CCNCC1. The Morgan fingerprint density at radius 3 is 2.72 bits per heavy atom. The molecule has 0 aromatic carbocycles. The van der Waals surface area contributed by atoms with Gasteiger partial charge < -0.3 is 10.6 Å². The lowest BCUT2D eigenvalue weighted by molar-refractivity contribution is 0.210. The maximum atomic E-state index is 4.55. The molecule has 0 unspecified atom stereocenters. The van der Waals surface area contributed by atoms with Crippen LogP contribution in [-0.4, -0.2) is 24.6 Å². The average molecular weight is 312 g/mol. The monoisotopic (exact) mass is 311 g/mol. The molecule has 1 fully saturated rings. The van der Waals surface area contributed by atoms with E-state index in [9.17, 15) is 0 Å². The Hall–Kier alpha value is -0.610. The summed E-state index contributed by atoms with van der Waals surface area (Å²) in [5.41, 5.74) is 1.48. The van der Waals surface area contributed by atoms with Crippen LogP contribution in [0.15, 0.2) is 16.6 Å². The van der Waals surface area contributed by atoms with Crippen LogP contribution in [0.3, 0.4) is 0 Å². The lowest BCUT2D eigenvalue weighted by atomic mass is 9.76. The molecule has 1 aromatic rings. The van der Waals surface area contributed by atoms with E-state index in [0.717, 1.165) is 35.6 Å². The summed E-state index contributed by atoms with van der Waals surface area (Å²) >= 11 is 3.48. The second kappa shape index (κ2) is 6.02. The summed E-state index contributed by atoms with van der Waals surface area (Å²) < 4.78 is 1.07. The van der Waals surface area contributed by atoms with Gasteiger partial charge in [-0.25, -0.2) is 4.98 Å². The molecule has 0 atom stereocenters. The van der Waals surface area contributed by atoms with Crippen molar-refractivity contribution in [3.8, 4) is 0 Å². The van der Waals surface area contributed by atoms with Gasteiger partial charge in [0, 0.05) is 11.0 Å². The van der Waals surface area contributed by atoms with Crippen molar-refractivity contribution in [1.29, 1.82) is 0 Å². The summed E-state index contributed by atoms with van der Waals surface area (Å²) in [6.45, 7) is 7.63. The Kier molecular flexibility index (Phi) is 4.62. The molecule has 1 aliphatic heterocycles. The van der Waals surface area contributed by atoms with Gasteiger partial charge in [0.15, 0.2) is 0 Å². The smallest absolute Gasteiger partial charge is 0.126 e. The number of pyridine rings is 1. The average Bonchev–Trinajstić information content (AvgIpc) is 2.41. The number of aromatic nitrogens is 1. The number of rotatable bonds is 4. The van der Waals surface area contributed by atoms with Gasteiger partial charge in [-0.05, 0) is 72.8 Å². The molecule has 0 bridgehead atoms. The molecule has 18 heavy (non-hydrogen) atoms. The van der Waals surface area contributed by atoms with E-state index in [-0.39, 0.29) is 0 Å². The number of hydrogen-bond acceptors (Lipinski definition) is 3. The Balaban J connectivity index is 1.98. The number of nitrogens with one attached hydrogen (secondary N) is 2. The van der Waals surface area contributed by atoms with Crippen molar-refractivity contribution < 1.29 is 0 Å². The molecule has 0 radical (unpaired) electrons. The predicted octanol–water partition coefficient (Wildman–Crippen LogP) is 3.34. The summed E-state index contributed by atoms with van der Waals surface area (Å²) in [5, 5.41) is 6.95. The van der Waals surface area contributed by atoms with Gasteiger partial charge in [0.2, 0.25) is 0 Å². The van der Waals surface area contributed by atoms with E-state index < -0.39 is 0 Å². The van der Waals surface area contributed by atoms with Crippen LogP contribution in [0.1, 0.15) is 31.9 Å². The van der Waals surface area contributed by atoms with Crippen molar-refractivity contribution in [2.24, 2.45) is 5.41 Å². The minimum absolute atomic E-state index is 0.438. The number of piperidine rings is 1. The number of anilines is 1. The quantitative estimate of drug-likeness (QED) is 0.895. The second-order valence-electron chi connectivity index (χ2n) is 5.22. The molecular weight excluding hydrogens is 290 g/mol. The number of nitrogens with zero attached hydrogens (tertiary/aromatic N) is 1. The van der Waals surface area contributed by atoms with E-state index in [1.807, 2.05) is 13.0 Å². The third-order valence-electron chi connectivity index (χ3n) is 4.08. The van der Waals surface area contributed by atoms with E-state index in [0.29, 0.717) is 5.41 Å². The third-order valence-corrected chi connectivity index (χ3v) is 4.92. The van der Waals surface area contributed by atoms with Gasteiger partial charge in [-0.15, -0.1) is 0 Å². The Bertz CT molecular complexity index is 400. The van der Waals surface area contributed by atoms with Gasteiger partial charge in [-0.3, -0.25) is 0 Å². The summed E-state index contributed by atoms with van der Waals surface area (Å²) in [4.78, 5) is 4.55. The van der Waals surface area contributed by atoms with Crippen LogP contribution < -0.4 is 10.6 Å². The normalized spacial score (nSPS) is 18.6. The van der Waals surface area contributed by atoms with E-state index >= 15 is 0 Å². The third kappa shape index (κ3) is 3.23. The molecule has 0 aliphatic carbocycles. The first-order valence-corrected chi connectivity index (χ1v) is 7.52. The molecule has 1 aromatic heterocycles. The first-order valence-electron chi connectivity index (χ1n) is 6.73. The molecular formula is C14H22BrN3. The van der Waals surface area contributed by atoms with Gasteiger partial charge in [0.05, 0.1) is 5.69 Å². The van der Waals surface area contributed by atoms with Crippen LogP contribution in [0.4, 0.5) is 5.82 Å². The van der Waals surface area contributed by atoms with Gasteiger partial charge in [-0.2, -0.15) is 0 Å². The van der Waals surface area contributed by atoms with Crippen molar-refractivity contribution in [3.63, 3.8) is 0 Å². The standard InChI is InChI=1S/C14H22BrN3/c1-3-14(6-8-16-9-7-14)10-17-13-5-4-12(15)11(2)18-13/h4-5,16H,3,6-10H2,1-2H3,(H,17,18). The van der Waals surface area contributed by atoms with E-state index in [1.54, 1.807) is 0 Å². The fraction of sp³-hybridized carbons (Fsp3) is 0.643. The van der Waals surface area contributed by atoms with Gasteiger partial charge in [0.25, 0.3) is 0 Å². The lowest BCUT2D eigenvalue weighted by Crippen LogP contribution is -2.40. The van der Waals surface area contributed by atoms with Crippen LogP contribution in [0.5, 0.6) is 0 Å². The van der Waals surface area contributed by atoms with Crippen LogP contribution in [0.25, 0.3) is 0 Å². The highest BCUT2D eigenvalue weighted by molar-refractivity contribution is 9.10. The highest BCUT2D eigenvalue weighted by Crippen LogP contribution is 2.32. The maximum Gasteiger partial charge on any atom is 0.126 e. The molecule has 2 N–H and O–H groups in total. The zero-order chi connectivity index (χ0) is 13.0. The molecule has 100 valence electrons. The van der Waals surface area contributed by atoms with Crippen molar-refractivity contribution in [2.45, 2.75) is 33.1 Å². The first kappa shape index (κ1) is 13.8. The minimum Gasteiger partial charge on any atom is -0.370 e. The fourth-order valence-corrected chi connectivity index (χ4v) is 2.75. The maximum absolute atomic E-state index is 4.55. The van der Waals surface area contributed by atoms with Gasteiger partial charge in [-0.1, -0.05) is 6.92 Å². The lowest BCUT2D eigenvalue weighted by Gasteiger charge is -2.37. The summed E-state index contributed by atoms with van der Waals surface area (Å²) in [6.07, 6.45) is 3.75. The summed E-state index contributed by atoms with van der Waals surface area (Å²) in [6, 6.07) is 4.10. The molecule has 2 rings (SSSR count). The van der Waals surface area contributed by atoms with Crippen molar-refractivity contribution in [3.05, 3.63) is 22.3 Å². The Morgan fingerprint density at radius 2 is 2.11 bits per heavy atom. The number of halogens is 1. The number of aryl methyl sites for hydroxylation is 1. The molecule has 3 nitrogen and oxygen atoms in total. The molecule has 1 aliphatic rings. The van der Waals surface area contributed by atoms with Crippen molar-refractivity contribution >= 4 is 21.7 Å². The molecule has 4 heteroatoms. The van der Waals surface area contributed by atoms with Crippen LogP contribution in [0.2, 0.25) is 0 Å². The topological polar surface area (TPSA) is 37.0 Å². The Morgan fingerprint density at radius 1 is 1.39 bits per heavy atom.